The van der Waals surface area contributed by atoms with Crippen LogP contribution in [-0.2, 0) is 0 Å². The minimum absolute atomic E-state index is 0.980. The van der Waals surface area contributed by atoms with E-state index in [-0.39, 0.29) is 0 Å². The summed E-state index contributed by atoms with van der Waals surface area (Å²) in [4.78, 5) is 0. The molecule has 0 aromatic rings. The fraction of sp³-hybridized carbons (Fsp3) is 0.857. The topological polar surface area (TPSA) is 0 Å². The van der Waals surface area contributed by atoms with Gasteiger partial charge in [0.15, 0.2) is 0 Å². The zero-order valence-corrected chi connectivity index (χ0v) is 6.44. The van der Waals surface area contributed by atoms with Crippen molar-refractivity contribution < 1.29 is 4.48 Å². The van der Waals surface area contributed by atoms with E-state index in [0.29, 0.717) is 0 Å². The molecule has 0 saturated heterocycles. The molecular formula is C7H17N+. The number of hydrogen-bond acceptors (Lipinski definition) is 0. The van der Waals surface area contributed by atoms with Crippen molar-refractivity contribution >= 4 is 0 Å². The lowest BCUT2D eigenvalue weighted by Gasteiger charge is -2.21. The Morgan fingerprint density at radius 1 is 1.25 bits per heavy atom. The second kappa shape index (κ2) is 3.08. The standard InChI is InChI=1S/C7H17N/c1-5-6-7-8(2,3)4/h7H,5-6H2,1-4H3/q+1. The molecule has 1 nitrogen and oxygen atoms in total. The molecule has 0 atom stereocenters. The Balaban J connectivity index is 3.11. The summed E-state index contributed by atoms with van der Waals surface area (Å²) in [6.07, 6.45) is 2.49. The first-order valence-corrected chi connectivity index (χ1v) is 3.22. The van der Waals surface area contributed by atoms with Crippen LogP contribution in [0.15, 0.2) is 0 Å². The third kappa shape index (κ3) is 5.96. The first-order valence-electron chi connectivity index (χ1n) is 3.22. The molecule has 0 aliphatic carbocycles. The molecule has 0 heterocycles. The van der Waals surface area contributed by atoms with Gasteiger partial charge < -0.3 is 4.48 Å². The van der Waals surface area contributed by atoms with Crippen LogP contribution < -0.4 is 0 Å². The molecule has 0 rings (SSSR count). The molecule has 0 bridgehead atoms. The van der Waals surface area contributed by atoms with Gasteiger partial charge in [0.2, 0.25) is 0 Å². The van der Waals surface area contributed by atoms with Crippen LogP contribution in [0, 0.1) is 6.54 Å². The maximum atomic E-state index is 2.31. The lowest BCUT2D eigenvalue weighted by molar-refractivity contribution is -0.840. The van der Waals surface area contributed by atoms with Crippen molar-refractivity contribution in [1.82, 2.24) is 0 Å². The van der Waals surface area contributed by atoms with Crippen LogP contribution in [0.25, 0.3) is 0 Å². The summed E-state index contributed by atoms with van der Waals surface area (Å²) in [6.45, 7) is 4.51. The van der Waals surface area contributed by atoms with Crippen LogP contribution >= 0.6 is 0 Å². The summed E-state index contributed by atoms with van der Waals surface area (Å²) in [6, 6.07) is 0. The number of nitrogens with zero attached hydrogens (tertiary/aromatic N) is 1. The predicted molar refractivity (Wildman–Crippen MR) is 37.2 cm³/mol. The first-order chi connectivity index (χ1) is 3.56. The lowest BCUT2D eigenvalue weighted by atomic mass is 10.3. The molecule has 0 N–H and O–H groups in total. The highest BCUT2D eigenvalue weighted by atomic mass is 15.3. The Kier molecular flexibility index (Phi) is 3.06. The molecule has 0 fully saturated rings. The zero-order valence-electron chi connectivity index (χ0n) is 6.44. The van der Waals surface area contributed by atoms with Crippen LogP contribution in [0.4, 0.5) is 0 Å². The molecule has 1 heteroatoms. The monoisotopic (exact) mass is 115 g/mol. The fourth-order valence-electron chi connectivity index (χ4n) is 0.516. The van der Waals surface area contributed by atoms with Crippen LogP contribution in [0.2, 0.25) is 0 Å². The van der Waals surface area contributed by atoms with Crippen LogP contribution in [0.1, 0.15) is 19.8 Å². The molecule has 0 saturated carbocycles. The summed E-state index contributed by atoms with van der Waals surface area (Å²) in [5.41, 5.74) is 0. The smallest absolute Gasteiger partial charge is 0.141 e. The van der Waals surface area contributed by atoms with Gasteiger partial charge in [-0.3, -0.25) is 0 Å². The molecule has 0 spiro atoms. The maximum absolute atomic E-state index is 2.31. The minimum atomic E-state index is 0.980. The van der Waals surface area contributed by atoms with Gasteiger partial charge >= 0.3 is 0 Å². The van der Waals surface area contributed by atoms with E-state index in [4.69, 9.17) is 0 Å². The van der Waals surface area contributed by atoms with E-state index in [2.05, 4.69) is 34.6 Å². The van der Waals surface area contributed by atoms with E-state index in [1.807, 2.05) is 0 Å². The summed E-state index contributed by atoms with van der Waals surface area (Å²) in [7, 11) is 6.53. The van der Waals surface area contributed by atoms with E-state index < -0.39 is 0 Å². The average Bonchev–Trinajstić information content (AvgIpc) is 1.59. The van der Waals surface area contributed by atoms with Crippen molar-refractivity contribution in [3.05, 3.63) is 6.54 Å². The van der Waals surface area contributed by atoms with Gasteiger partial charge in [0.25, 0.3) is 0 Å². The molecule has 0 aliphatic rings. The average molecular weight is 115 g/mol. The van der Waals surface area contributed by atoms with Crippen molar-refractivity contribution in [3.63, 3.8) is 0 Å². The van der Waals surface area contributed by atoms with E-state index in [1.54, 1.807) is 0 Å². The van der Waals surface area contributed by atoms with Gasteiger partial charge in [0, 0.05) is 6.42 Å². The van der Waals surface area contributed by atoms with Crippen molar-refractivity contribution in [2.75, 3.05) is 21.1 Å². The second-order valence-corrected chi connectivity index (χ2v) is 3.09. The Bertz CT molecular complexity index is 51.9. The number of unbranched alkanes of at least 4 members (excludes halogenated alkanes) is 1. The highest BCUT2D eigenvalue weighted by Gasteiger charge is 2.04. The maximum Gasteiger partial charge on any atom is 0.141 e. The molecule has 0 aromatic carbocycles. The fourth-order valence-corrected chi connectivity index (χ4v) is 0.516. The highest BCUT2D eigenvalue weighted by molar-refractivity contribution is 4.46. The van der Waals surface area contributed by atoms with Crippen molar-refractivity contribution in [3.8, 4) is 0 Å². The molecule has 1 radical (unpaired) electrons. The van der Waals surface area contributed by atoms with Crippen molar-refractivity contribution in [2.45, 2.75) is 19.8 Å². The van der Waals surface area contributed by atoms with Gasteiger partial charge in [-0.15, -0.1) is 0 Å². The molecule has 8 heavy (non-hydrogen) atoms. The van der Waals surface area contributed by atoms with E-state index in [1.165, 1.54) is 12.8 Å². The Labute approximate surface area is 52.9 Å². The van der Waals surface area contributed by atoms with Gasteiger partial charge in [-0.05, 0) is 0 Å². The Morgan fingerprint density at radius 3 is 1.88 bits per heavy atom. The summed E-state index contributed by atoms with van der Waals surface area (Å²) in [5, 5.41) is 0. The van der Waals surface area contributed by atoms with E-state index in [0.717, 1.165) is 4.48 Å². The first kappa shape index (κ1) is 7.96. The SMILES string of the molecule is CCC[CH][N+](C)(C)C. The summed E-state index contributed by atoms with van der Waals surface area (Å²) >= 11 is 0. The van der Waals surface area contributed by atoms with Crippen LogP contribution in [-0.4, -0.2) is 25.6 Å². The van der Waals surface area contributed by atoms with Gasteiger partial charge in [-0.2, -0.15) is 0 Å². The molecule has 0 aromatic heterocycles. The summed E-state index contributed by atoms with van der Waals surface area (Å²) < 4.78 is 0.980. The quantitative estimate of drug-likeness (QED) is 0.491. The van der Waals surface area contributed by atoms with Crippen molar-refractivity contribution in [1.29, 1.82) is 0 Å². The third-order valence-corrected chi connectivity index (χ3v) is 0.965. The van der Waals surface area contributed by atoms with E-state index in [9.17, 15) is 0 Å². The summed E-state index contributed by atoms with van der Waals surface area (Å²) in [5.74, 6) is 0. The molecule has 0 aliphatic heterocycles. The minimum Gasteiger partial charge on any atom is -0.324 e. The lowest BCUT2D eigenvalue weighted by Crippen LogP contribution is -2.30. The molecule has 49 valence electrons. The van der Waals surface area contributed by atoms with Gasteiger partial charge in [-0.1, -0.05) is 13.3 Å². The van der Waals surface area contributed by atoms with Gasteiger partial charge in [-0.25, -0.2) is 0 Å². The van der Waals surface area contributed by atoms with E-state index >= 15 is 0 Å². The number of quaternary nitrogens is 1. The normalized spacial score (nSPS) is 12.0. The Morgan fingerprint density at radius 2 is 1.75 bits per heavy atom. The molecule has 0 unspecified atom stereocenters. The molecular weight excluding hydrogens is 98.1 g/mol. The highest BCUT2D eigenvalue weighted by Crippen LogP contribution is 2.01. The van der Waals surface area contributed by atoms with Gasteiger partial charge in [0.05, 0.1) is 21.1 Å². The van der Waals surface area contributed by atoms with Gasteiger partial charge in [0.1, 0.15) is 6.54 Å². The predicted octanol–water partition coefficient (Wildman–Crippen LogP) is 1.65. The Hall–Kier alpha value is -0.0400. The number of rotatable bonds is 3. The molecule has 0 amide bonds. The van der Waals surface area contributed by atoms with Crippen LogP contribution in [0.3, 0.4) is 0 Å². The van der Waals surface area contributed by atoms with Crippen LogP contribution in [0.5, 0.6) is 0 Å². The second-order valence-electron chi connectivity index (χ2n) is 3.09. The number of hydrogen-bond donors (Lipinski definition) is 0. The largest absolute Gasteiger partial charge is 0.324 e. The zero-order chi connectivity index (χ0) is 6.62. The third-order valence-electron chi connectivity index (χ3n) is 0.965. The van der Waals surface area contributed by atoms with Crippen molar-refractivity contribution in [2.24, 2.45) is 0 Å².